The quantitative estimate of drug-likeness (QED) is 0.864. The lowest BCUT2D eigenvalue weighted by Gasteiger charge is -2.35. The third-order valence-electron chi connectivity index (χ3n) is 2.89. The Morgan fingerprint density at radius 3 is 2.68 bits per heavy atom. The number of ether oxygens (including phenoxy) is 1. The van der Waals surface area contributed by atoms with Crippen LogP contribution in [0.1, 0.15) is 31.1 Å². The summed E-state index contributed by atoms with van der Waals surface area (Å²) in [6.07, 6.45) is 0. The van der Waals surface area contributed by atoms with Crippen LogP contribution in [0, 0.1) is 0 Å². The third kappa shape index (κ3) is 3.14. The van der Waals surface area contributed by atoms with E-state index in [-0.39, 0.29) is 11.8 Å². The van der Waals surface area contributed by atoms with Crippen molar-refractivity contribution in [3.63, 3.8) is 0 Å². The molecule has 1 aliphatic rings. The molecule has 106 valence electrons. The molecule has 0 saturated carbocycles. The van der Waals surface area contributed by atoms with Crippen molar-refractivity contribution < 1.29 is 9.53 Å². The first kappa shape index (κ1) is 14.5. The van der Waals surface area contributed by atoms with Crippen molar-refractivity contribution in [3.05, 3.63) is 5.56 Å². The van der Waals surface area contributed by atoms with Gasteiger partial charge in [-0.2, -0.15) is 16.1 Å². The molecule has 0 bridgehead atoms. The van der Waals surface area contributed by atoms with Gasteiger partial charge in [-0.15, -0.1) is 0 Å². The average molecular weight is 301 g/mol. The van der Waals surface area contributed by atoms with Crippen LogP contribution in [0.5, 0.6) is 0 Å². The van der Waals surface area contributed by atoms with E-state index in [1.807, 2.05) is 11.8 Å². The lowest BCUT2D eigenvalue weighted by atomic mass is 10.2. The summed E-state index contributed by atoms with van der Waals surface area (Å²) >= 11 is 3.25. The predicted octanol–water partition coefficient (Wildman–Crippen LogP) is 2.23. The van der Waals surface area contributed by atoms with Crippen molar-refractivity contribution in [1.29, 1.82) is 0 Å². The molecule has 2 heterocycles. The van der Waals surface area contributed by atoms with Gasteiger partial charge < -0.3 is 15.4 Å². The summed E-state index contributed by atoms with van der Waals surface area (Å²) in [5.41, 5.74) is 6.24. The maximum Gasteiger partial charge on any atom is 0.345 e. The molecule has 1 fully saturated rings. The molecular formula is C12H19N3O2S2. The number of aromatic nitrogens is 1. The molecule has 2 atom stereocenters. The fraction of sp³-hybridized carbons (Fsp3) is 0.667. The van der Waals surface area contributed by atoms with E-state index in [0.29, 0.717) is 22.7 Å². The number of rotatable bonds is 3. The van der Waals surface area contributed by atoms with Gasteiger partial charge in [0.2, 0.25) is 0 Å². The van der Waals surface area contributed by atoms with E-state index < -0.39 is 0 Å². The van der Waals surface area contributed by atoms with Gasteiger partial charge in [-0.1, -0.05) is 13.8 Å². The summed E-state index contributed by atoms with van der Waals surface area (Å²) in [4.78, 5) is 14.2. The molecular weight excluding hydrogens is 282 g/mol. The van der Waals surface area contributed by atoms with Crippen LogP contribution >= 0.6 is 23.3 Å². The molecule has 0 amide bonds. The van der Waals surface area contributed by atoms with Crippen LogP contribution in [0.2, 0.25) is 0 Å². The van der Waals surface area contributed by atoms with Crippen molar-refractivity contribution >= 4 is 40.1 Å². The minimum absolute atomic E-state index is 0.275. The molecule has 19 heavy (non-hydrogen) atoms. The summed E-state index contributed by atoms with van der Waals surface area (Å²) in [6.45, 7) is 8.33. The van der Waals surface area contributed by atoms with Crippen molar-refractivity contribution in [2.75, 3.05) is 30.3 Å². The van der Waals surface area contributed by atoms with Gasteiger partial charge in [-0.25, -0.2) is 4.79 Å². The Bertz CT molecular complexity index is 454. The van der Waals surface area contributed by atoms with Crippen LogP contribution in [0.15, 0.2) is 0 Å². The molecule has 2 N–H and O–H groups in total. The van der Waals surface area contributed by atoms with Crippen LogP contribution in [0.4, 0.5) is 10.8 Å². The summed E-state index contributed by atoms with van der Waals surface area (Å²) in [5.74, 6) is -0.0979. The van der Waals surface area contributed by atoms with Crippen molar-refractivity contribution in [2.45, 2.75) is 31.3 Å². The Morgan fingerprint density at radius 2 is 2.11 bits per heavy atom. The second-order valence-electron chi connectivity index (χ2n) is 4.63. The zero-order valence-corrected chi connectivity index (χ0v) is 13.0. The monoisotopic (exact) mass is 301 g/mol. The predicted molar refractivity (Wildman–Crippen MR) is 81.2 cm³/mol. The van der Waals surface area contributed by atoms with Gasteiger partial charge in [-0.05, 0) is 18.5 Å². The van der Waals surface area contributed by atoms with E-state index in [9.17, 15) is 4.79 Å². The highest BCUT2D eigenvalue weighted by molar-refractivity contribution is 8.00. The van der Waals surface area contributed by atoms with Gasteiger partial charge >= 0.3 is 5.97 Å². The fourth-order valence-electron chi connectivity index (χ4n) is 2.25. The number of nitrogens with zero attached hydrogens (tertiary/aromatic N) is 2. The third-order valence-corrected chi connectivity index (χ3v) is 5.04. The fourth-order valence-corrected chi connectivity index (χ4v) is 4.39. The van der Waals surface area contributed by atoms with Gasteiger partial charge in [-0.3, -0.25) is 0 Å². The van der Waals surface area contributed by atoms with Crippen LogP contribution in [0.3, 0.4) is 0 Å². The van der Waals surface area contributed by atoms with Crippen LogP contribution in [-0.4, -0.2) is 40.5 Å². The Labute approximate surface area is 121 Å². The second-order valence-corrected chi connectivity index (χ2v) is 7.26. The first-order chi connectivity index (χ1) is 9.02. The van der Waals surface area contributed by atoms with Crippen LogP contribution in [0.25, 0.3) is 0 Å². The number of anilines is 2. The molecule has 1 aliphatic heterocycles. The molecule has 2 unspecified atom stereocenters. The van der Waals surface area contributed by atoms with E-state index in [1.54, 1.807) is 6.92 Å². The molecule has 5 nitrogen and oxygen atoms in total. The molecule has 1 aromatic heterocycles. The van der Waals surface area contributed by atoms with Crippen molar-refractivity contribution in [2.24, 2.45) is 0 Å². The summed E-state index contributed by atoms with van der Waals surface area (Å²) in [5, 5.41) is 1.90. The summed E-state index contributed by atoms with van der Waals surface area (Å²) in [7, 11) is 0. The Hall–Kier alpha value is -0.950. The van der Waals surface area contributed by atoms with Gasteiger partial charge in [0.25, 0.3) is 0 Å². The van der Waals surface area contributed by atoms with Gasteiger partial charge in [0, 0.05) is 23.6 Å². The lowest BCUT2D eigenvalue weighted by molar-refractivity contribution is 0.0528. The van der Waals surface area contributed by atoms with Crippen LogP contribution < -0.4 is 10.6 Å². The largest absolute Gasteiger partial charge is 0.462 e. The van der Waals surface area contributed by atoms with Crippen molar-refractivity contribution in [1.82, 2.24) is 4.37 Å². The van der Waals surface area contributed by atoms with Crippen molar-refractivity contribution in [3.8, 4) is 0 Å². The minimum atomic E-state index is -0.373. The molecule has 0 radical (unpaired) electrons. The number of esters is 1. The number of hydrogen-bond acceptors (Lipinski definition) is 7. The number of hydrogen-bond donors (Lipinski definition) is 1. The molecule has 0 aromatic carbocycles. The Balaban J connectivity index is 2.27. The van der Waals surface area contributed by atoms with E-state index in [2.05, 4.69) is 23.1 Å². The number of nitrogen functional groups attached to an aromatic ring is 1. The highest BCUT2D eigenvalue weighted by Gasteiger charge is 2.29. The number of carbonyl (C=O) groups is 1. The number of thioether (sulfide) groups is 1. The second kappa shape index (κ2) is 6.00. The minimum Gasteiger partial charge on any atom is -0.462 e. The van der Waals surface area contributed by atoms with Gasteiger partial charge in [0.15, 0.2) is 5.82 Å². The van der Waals surface area contributed by atoms with E-state index >= 15 is 0 Å². The maximum atomic E-state index is 12.0. The first-order valence-corrected chi connectivity index (χ1v) is 8.07. The van der Waals surface area contributed by atoms with E-state index in [1.165, 1.54) is 11.5 Å². The maximum absolute atomic E-state index is 12.0. The summed E-state index contributed by atoms with van der Waals surface area (Å²) in [6, 6.07) is 0. The first-order valence-electron chi connectivity index (χ1n) is 6.35. The Morgan fingerprint density at radius 1 is 1.47 bits per heavy atom. The average Bonchev–Trinajstić information content (AvgIpc) is 2.70. The highest BCUT2D eigenvalue weighted by atomic mass is 32.2. The lowest BCUT2D eigenvalue weighted by Crippen LogP contribution is -2.40. The number of carbonyl (C=O) groups excluding carboxylic acids is 1. The smallest absolute Gasteiger partial charge is 0.345 e. The van der Waals surface area contributed by atoms with E-state index in [4.69, 9.17) is 10.5 Å². The number of nitrogens with two attached hydrogens (primary N) is 1. The standard InChI is InChI=1S/C12H19N3O2S2/c1-4-17-12(16)9-10(13)14-19-11(9)15-5-7(2)18-8(3)6-15/h7-8H,4-6H2,1-3H3,(H2,13,14). The molecule has 0 aliphatic carbocycles. The molecule has 7 heteroatoms. The summed E-state index contributed by atoms with van der Waals surface area (Å²) < 4.78 is 9.18. The van der Waals surface area contributed by atoms with E-state index in [0.717, 1.165) is 18.1 Å². The molecule has 2 rings (SSSR count). The SMILES string of the molecule is CCOC(=O)c1c(N)nsc1N1CC(C)SC(C)C1. The van der Waals surface area contributed by atoms with Gasteiger partial charge in [0.1, 0.15) is 10.6 Å². The molecule has 1 saturated heterocycles. The zero-order chi connectivity index (χ0) is 14.0. The zero-order valence-electron chi connectivity index (χ0n) is 11.4. The highest BCUT2D eigenvalue weighted by Crippen LogP contribution is 2.35. The van der Waals surface area contributed by atoms with Gasteiger partial charge in [0.05, 0.1) is 6.61 Å². The van der Waals surface area contributed by atoms with Crippen LogP contribution in [-0.2, 0) is 4.74 Å². The molecule has 1 aromatic rings. The molecule has 0 spiro atoms. The normalized spacial score (nSPS) is 23.4. The topological polar surface area (TPSA) is 68.5 Å². The Kier molecular flexibility index (Phi) is 4.57.